The van der Waals surface area contributed by atoms with E-state index in [4.69, 9.17) is 16.3 Å². The third-order valence-electron chi connectivity index (χ3n) is 5.39. The highest BCUT2D eigenvalue weighted by Crippen LogP contribution is 2.38. The minimum Gasteiger partial charge on any atom is -0.487 e. The molecule has 1 unspecified atom stereocenters. The van der Waals surface area contributed by atoms with E-state index in [1.54, 1.807) is 12.1 Å². The van der Waals surface area contributed by atoms with Gasteiger partial charge in [-0.05, 0) is 24.6 Å². The number of hydrogen-bond acceptors (Lipinski definition) is 6. The van der Waals surface area contributed by atoms with E-state index in [0.717, 1.165) is 19.9 Å². The van der Waals surface area contributed by atoms with Crippen molar-refractivity contribution >= 4 is 56.7 Å². The van der Waals surface area contributed by atoms with Gasteiger partial charge in [0.15, 0.2) is 0 Å². The van der Waals surface area contributed by atoms with Crippen LogP contribution in [-0.4, -0.2) is 34.6 Å². The first-order chi connectivity index (χ1) is 15.0. The maximum Gasteiger partial charge on any atom is 0.266 e. The van der Waals surface area contributed by atoms with Gasteiger partial charge in [0, 0.05) is 16.5 Å². The molecular formula is C22H15ClN2O5S. The van der Waals surface area contributed by atoms with Gasteiger partial charge in [0.2, 0.25) is 11.8 Å². The Morgan fingerprint density at radius 2 is 1.87 bits per heavy atom. The number of rotatable bonds is 4. The monoisotopic (exact) mass is 454 g/mol. The van der Waals surface area contributed by atoms with Crippen LogP contribution in [0.5, 0.6) is 5.75 Å². The summed E-state index contributed by atoms with van der Waals surface area (Å²) >= 11 is 7.97. The first-order valence-electron chi connectivity index (χ1n) is 9.59. The van der Waals surface area contributed by atoms with Gasteiger partial charge < -0.3 is 4.74 Å². The second-order valence-corrected chi connectivity index (χ2v) is 8.76. The second-order valence-electron chi connectivity index (χ2n) is 7.25. The number of amides is 4. The molecule has 4 amide bonds. The molecule has 1 fully saturated rings. The van der Waals surface area contributed by atoms with Gasteiger partial charge in [-0.3, -0.25) is 29.4 Å². The summed E-state index contributed by atoms with van der Waals surface area (Å²) in [6.45, 7) is 0.133. The Morgan fingerprint density at radius 3 is 2.65 bits per heavy atom. The first-order valence-corrected chi connectivity index (χ1v) is 10.8. The highest BCUT2D eigenvalue weighted by Gasteiger charge is 2.46. The molecular weight excluding hydrogens is 440 g/mol. The Bertz CT molecular complexity index is 1280. The normalized spacial score (nSPS) is 18.5. The molecule has 3 aromatic rings. The summed E-state index contributed by atoms with van der Waals surface area (Å²) < 4.78 is 6.94. The minimum absolute atomic E-state index is 0.0671. The smallest absolute Gasteiger partial charge is 0.266 e. The fourth-order valence-electron chi connectivity index (χ4n) is 3.91. The fourth-order valence-corrected chi connectivity index (χ4v) is 5.31. The van der Waals surface area contributed by atoms with Crippen molar-refractivity contribution in [2.45, 2.75) is 25.5 Å². The van der Waals surface area contributed by atoms with Crippen LogP contribution in [0.15, 0.2) is 42.5 Å². The number of carbonyl (C=O) groups is 4. The van der Waals surface area contributed by atoms with Crippen molar-refractivity contribution in [1.29, 1.82) is 0 Å². The molecule has 1 atom stereocenters. The van der Waals surface area contributed by atoms with Crippen LogP contribution < -0.4 is 10.1 Å². The summed E-state index contributed by atoms with van der Waals surface area (Å²) in [6.07, 6.45) is 0.168. The first kappa shape index (κ1) is 19.7. The third-order valence-corrected chi connectivity index (χ3v) is 7.08. The van der Waals surface area contributed by atoms with Crippen LogP contribution in [0, 0.1) is 0 Å². The highest BCUT2D eigenvalue weighted by atomic mass is 35.5. The topological polar surface area (TPSA) is 92.8 Å². The van der Waals surface area contributed by atoms with Gasteiger partial charge in [-0.25, -0.2) is 0 Å². The molecule has 0 aliphatic carbocycles. The second kappa shape index (κ2) is 7.47. The molecule has 3 heterocycles. The number of piperidine rings is 1. The summed E-state index contributed by atoms with van der Waals surface area (Å²) in [4.78, 5) is 51.4. The number of fused-ring (bicyclic) bond motifs is 2. The van der Waals surface area contributed by atoms with Gasteiger partial charge in [-0.1, -0.05) is 35.9 Å². The SMILES string of the molecule is O=C1CCC(N2C(=O)c3cccc(OCc4sc5ccccc5c4Cl)c3C2=O)C(=O)N1. The fraction of sp³-hybridized carbons (Fsp3) is 0.182. The summed E-state index contributed by atoms with van der Waals surface area (Å²) in [5, 5.41) is 3.72. The van der Waals surface area contributed by atoms with Gasteiger partial charge in [0.05, 0.1) is 21.0 Å². The van der Waals surface area contributed by atoms with Crippen molar-refractivity contribution in [2.75, 3.05) is 0 Å². The Labute approximate surface area is 185 Å². The molecule has 1 aromatic heterocycles. The van der Waals surface area contributed by atoms with E-state index < -0.39 is 29.7 Å². The zero-order chi connectivity index (χ0) is 21.7. The molecule has 1 N–H and O–H groups in total. The lowest BCUT2D eigenvalue weighted by molar-refractivity contribution is -0.136. The molecule has 0 radical (unpaired) electrons. The Kier molecular flexibility index (Phi) is 4.75. The molecule has 1 saturated heterocycles. The molecule has 0 saturated carbocycles. The number of nitrogens with zero attached hydrogens (tertiary/aromatic N) is 1. The van der Waals surface area contributed by atoms with E-state index in [0.29, 0.717) is 5.02 Å². The van der Waals surface area contributed by atoms with Crippen LogP contribution in [0.1, 0.15) is 38.4 Å². The standard InChI is InChI=1S/C22H15ClN2O5S/c23-19-11-4-1-2-7-15(11)31-16(19)10-30-14-6-3-5-12-18(14)22(29)25(21(12)28)13-8-9-17(26)24-20(13)27/h1-7,13H,8-10H2,(H,24,26,27). The Hall–Kier alpha value is -3.23. The van der Waals surface area contributed by atoms with Gasteiger partial charge in [-0.15, -0.1) is 11.3 Å². The summed E-state index contributed by atoms with van der Waals surface area (Å²) in [5.41, 5.74) is 0.295. The van der Waals surface area contributed by atoms with E-state index >= 15 is 0 Å². The van der Waals surface area contributed by atoms with E-state index in [-0.39, 0.29) is 36.3 Å². The number of benzene rings is 2. The molecule has 0 spiro atoms. The Balaban J connectivity index is 1.43. The number of nitrogens with one attached hydrogen (secondary N) is 1. The van der Waals surface area contributed by atoms with Gasteiger partial charge in [-0.2, -0.15) is 0 Å². The molecule has 2 aliphatic heterocycles. The summed E-state index contributed by atoms with van der Waals surface area (Å²) in [7, 11) is 0. The molecule has 0 bridgehead atoms. The van der Waals surface area contributed by atoms with Gasteiger partial charge in [0.1, 0.15) is 18.4 Å². The van der Waals surface area contributed by atoms with Crippen LogP contribution in [0.25, 0.3) is 10.1 Å². The van der Waals surface area contributed by atoms with Crippen LogP contribution in [-0.2, 0) is 16.2 Å². The molecule has 9 heteroatoms. The highest BCUT2D eigenvalue weighted by molar-refractivity contribution is 7.19. The average molecular weight is 455 g/mol. The van der Waals surface area contributed by atoms with Crippen molar-refractivity contribution in [3.05, 3.63) is 63.5 Å². The number of imide groups is 2. The van der Waals surface area contributed by atoms with Gasteiger partial charge >= 0.3 is 0 Å². The van der Waals surface area contributed by atoms with E-state index in [1.165, 1.54) is 17.4 Å². The average Bonchev–Trinajstić information content (AvgIpc) is 3.21. The predicted molar refractivity (Wildman–Crippen MR) is 114 cm³/mol. The molecule has 2 aromatic carbocycles. The van der Waals surface area contributed by atoms with Crippen molar-refractivity contribution in [1.82, 2.24) is 10.2 Å². The quantitative estimate of drug-likeness (QED) is 0.609. The van der Waals surface area contributed by atoms with Crippen LogP contribution in [0.2, 0.25) is 5.02 Å². The lowest BCUT2D eigenvalue weighted by atomic mass is 10.0. The van der Waals surface area contributed by atoms with Crippen LogP contribution in [0.4, 0.5) is 0 Å². The predicted octanol–water partition coefficient (Wildman–Crippen LogP) is 3.53. The van der Waals surface area contributed by atoms with Crippen LogP contribution >= 0.6 is 22.9 Å². The lowest BCUT2D eigenvalue weighted by Gasteiger charge is -2.27. The number of halogens is 1. The molecule has 7 nitrogen and oxygen atoms in total. The van der Waals surface area contributed by atoms with Crippen molar-refractivity contribution in [3.8, 4) is 5.75 Å². The zero-order valence-electron chi connectivity index (χ0n) is 16.0. The van der Waals surface area contributed by atoms with E-state index in [1.807, 2.05) is 24.3 Å². The number of thiophene rings is 1. The zero-order valence-corrected chi connectivity index (χ0v) is 17.6. The van der Waals surface area contributed by atoms with E-state index in [2.05, 4.69) is 5.32 Å². The molecule has 156 valence electrons. The third kappa shape index (κ3) is 3.19. The van der Waals surface area contributed by atoms with Crippen LogP contribution in [0.3, 0.4) is 0 Å². The number of ether oxygens (including phenoxy) is 1. The summed E-state index contributed by atoms with van der Waals surface area (Å²) in [6, 6.07) is 11.5. The van der Waals surface area contributed by atoms with Crippen molar-refractivity contribution in [3.63, 3.8) is 0 Å². The number of hydrogen-bond donors (Lipinski definition) is 1. The van der Waals surface area contributed by atoms with Crippen molar-refractivity contribution in [2.24, 2.45) is 0 Å². The lowest BCUT2D eigenvalue weighted by Crippen LogP contribution is -2.54. The maximum absolute atomic E-state index is 13.1. The maximum atomic E-state index is 13.1. The van der Waals surface area contributed by atoms with Crippen molar-refractivity contribution < 1.29 is 23.9 Å². The largest absolute Gasteiger partial charge is 0.487 e. The molecule has 2 aliphatic rings. The summed E-state index contributed by atoms with van der Waals surface area (Å²) in [5.74, 6) is -1.99. The Morgan fingerprint density at radius 1 is 1.06 bits per heavy atom. The molecule has 5 rings (SSSR count). The molecule has 31 heavy (non-hydrogen) atoms. The van der Waals surface area contributed by atoms with Gasteiger partial charge in [0.25, 0.3) is 11.8 Å². The number of carbonyl (C=O) groups excluding carboxylic acids is 4. The van der Waals surface area contributed by atoms with E-state index in [9.17, 15) is 19.2 Å². The minimum atomic E-state index is -1.02.